The minimum atomic E-state index is -4.46. The van der Waals surface area contributed by atoms with Crippen LogP contribution in [0.5, 0.6) is 0 Å². The third-order valence-corrected chi connectivity index (χ3v) is 5.28. The van der Waals surface area contributed by atoms with Gasteiger partial charge in [0.1, 0.15) is 0 Å². The molecule has 1 N–H and O–H groups in total. The van der Waals surface area contributed by atoms with Crippen molar-refractivity contribution in [2.75, 3.05) is 6.61 Å². The van der Waals surface area contributed by atoms with E-state index >= 15 is 0 Å². The Hall–Kier alpha value is -2.42. The van der Waals surface area contributed by atoms with Crippen LogP contribution in [-0.4, -0.2) is 49.6 Å². The van der Waals surface area contributed by atoms with Gasteiger partial charge in [-0.05, 0) is 37.5 Å². The van der Waals surface area contributed by atoms with Gasteiger partial charge in [-0.3, -0.25) is 4.79 Å². The van der Waals surface area contributed by atoms with Crippen LogP contribution in [0.1, 0.15) is 35.3 Å². The van der Waals surface area contributed by atoms with Crippen molar-refractivity contribution in [3.05, 3.63) is 41.7 Å². The molecular formula is C17H17F3N4O2. The molecule has 2 aliphatic heterocycles. The number of aromatic nitrogens is 3. The number of hydrogen-bond donors (Lipinski definition) is 1. The summed E-state index contributed by atoms with van der Waals surface area (Å²) in [6.07, 6.45) is -0.584. The molecule has 4 rings (SSSR count). The van der Waals surface area contributed by atoms with Gasteiger partial charge in [0, 0.05) is 24.6 Å². The Bertz CT molecular complexity index is 835. The van der Waals surface area contributed by atoms with E-state index in [2.05, 4.69) is 10.3 Å². The van der Waals surface area contributed by atoms with Crippen molar-refractivity contribution < 1.29 is 23.1 Å². The lowest BCUT2D eigenvalue weighted by atomic mass is 9.90. The van der Waals surface area contributed by atoms with E-state index < -0.39 is 11.7 Å². The summed E-state index contributed by atoms with van der Waals surface area (Å²) in [5.74, 6) is -0.206. The van der Waals surface area contributed by atoms with Gasteiger partial charge in [0.05, 0.1) is 17.4 Å². The number of hydrogen-bond acceptors (Lipinski definition) is 4. The smallest absolute Gasteiger partial charge is 0.396 e. The summed E-state index contributed by atoms with van der Waals surface area (Å²) in [6, 6.07) is 4.78. The third kappa shape index (κ3) is 2.76. The first-order valence-corrected chi connectivity index (χ1v) is 8.42. The summed E-state index contributed by atoms with van der Waals surface area (Å²) in [5.41, 5.74) is -0.511. The number of aliphatic hydroxyl groups excluding tert-OH is 1. The zero-order valence-electron chi connectivity index (χ0n) is 13.7. The maximum Gasteiger partial charge on any atom is 0.416 e. The van der Waals surface area contributed by atoms with E-state index in [1.165, 1.54) is 23.0 Å². The van der Waals surface area contributed by atoms with Gasteiger partial charge >= 0.3 is 6.18 Å². The molecule has 1 aromatic heterocycles. The predicted molar refractivity (Wildman–Crippen MR) is 84.5 cm³/mol. The molecule has 6 nitrogen and oxygen atoms in total. The van der Waals surface area contributed by atoms with Crippen LogP contribution in [0.15, 0.2) is 30.5 Å². The molecule has 2 aromatic rings. The number of amides is 1. The zero-order chi connectivity index (χ0) is 18.5. The highest BCUT2D eigenvalue weighted by atomic mass is 19.4. The normalized spacial score (nSPS) is 25.1. The second kappa shape index (κ2) is 6.08. The van der Waals surface area contributed by atoms with Crippen LogP contribution >= 0.6 is 0 Å². The van der Waals surface area contributed by atoms with E-state index in [4.69, 9.17) is 0 Å². The van der Waals surface area contributed by atoms with Gasteiger partial charge in [0.25, 0.3) is 5.91 Å². The van der Waals surface area contributed by atoms with Gasteiger partial charge in [-0.2, -0.15) is 13.2 Å². The molecule has 1 aromatic carbocycles. The molecule has 3 heterocycles. The Morgan fingerprint density at radius 3 is 2.81 bits per heavy atom. The topological polar surface area (TPSA) is 71.2 Å². The summed E-state index contributed by atoms with van der Waals surface area (Å²) in [7, 11) is 0. The van der Waals surface area contributed by atoms with Crippen LogP contribution in [0.25, 0.3) is 5.69 Å². The van der Waals surface area contributed by atoms with Crippen molar-refractivity contribution >= 4 is 5.91 Å². The first kappa shape index (κ1) is 17.0. The maximum absolute atomic E-state index is 12.9. The average Bonchev–Trinajstić information content (AvgIpc) is 3.34. The standard InChI is InChI=1S/C17H17F3N4O2/c18-17(19,20)11-2-1-3-12(7-11)23-8-14(21-22-23)16(26)24-13-4-5-15(24)10(6-13)9-25/h1-3,7-8,10,13,15,25H,4-6,9H2/t10-,13+,15+/m1/s1. The molecule has 26 heavy (non-hydrogen) atoms. The molecule has 0 saturated carbocycles. The number of fused-ring (bicyclic) bond motifs is 2. The van der Waals surface area contributed by atoms with Gasteiger partial charge in [0.15, 0.2) is 5.69 Å². The Morgan fingerprint density at radius 2 is 2.12 bits per heavy atom. The van der Waals surface area contributed by atoms with Crippen molar-refractivity contribution in [2.24, 2.45) is 5.92 Å². The van der Waals surface area contributed by atoms with Crippen LogP contribution in [0.2, 0.25) is 0 Å². The number of rotatable bonds is 3. The Kier molecular flexibility index (Phi) is 3.98. The fraction of sp³-hybridized carbons (Fsp3) is 0.471. The summed E-state index contributed by atoms with van der Waals surface area (Å²) in [4.78, 5) is 14.5. The van der Waals surface area contributed by atoms with Crippen LogP contribution in [0.3, 0.4) is 0 Å². The number of benzene rings is 1. The first-order chi connectivity index (χ1) is 12.4. The molecule has 0 radical (unpaired) electrons. The van der Waals surface area contributed by atoms with Crippen LogP contribution in [-0.2, 0) is 6.18 Å². The Labute approximate surface area is 147 Å². The van der Waals surface area contributed by atoms with E-state index in [0.717, 1.165) is 31.4 Å². The lowest BCUT2D eigenvalue weighted by Gasteiger charge is -2.22. The van der Waals surface area contributed by atoms with E-state index in [1.807, 2.05) is 0 Å². The molecular weight excluding hydrogens is 349 g/mol. The Morgan fingerprint density at radius 1 is 1.31 bits per heavy atom. The maximum atomic E-state index is 12.9. The van der Waals surface area contributed by atoms with Crippen LogP contribution in [0, 0.1) is 5.92 Å². The number of carbonyl (C=O) groups excluding carboxylic acids is 1. The summed E-state index contributed by atoms with van der Waals surface area (Å²) < 4.78 is 39.7. The molecule has 0 spiro atoms. The molecule has 2 bridgehead atoms. The number of carbonyl (C=O) groups is 1. The molecule has 2 saturated heterocycles. The highest BCUT2D eigenvalue weighted by Gasteiger charge is 2.48. The minimum Gasteiger partial charge on any atom is -0.396 e. The summed E-state index contributed by atoms with van der Waals surface area (Å²) in [6.45, 7) is 0.0435. The summed E-state index contributed by atoms with van der Waals surface area (Å²) in [5, 5.41) is 17.1. The second-order valence-electron chi connectivity index (χ2n) is 6.79. The van der Waals surface area contributed by atoms with Crippen LogP contribution < -0.4 is 0 Å². The predicted octanol–water partition coefficient (Wildman–Crippen LogP) is 2.27. The van der Waals surface area contributed by atoms with Crippen molar-refractivity contribution in [1.29, 1.82) is 0 Å². The quantitative estimate of drug-likeness (QED) is 0.905. The first-order valence-electron chi connectivity index (χ1n) is 8.42. The van der Waals surface area contributed by atoms with Crippen LogP contribution in [0.4, 0.5) is 13.2 Å². The average molecular weight is 366 g/mol. The number of halogens is 3. The molecule has 1 amide bonds. The fourth-order valence-corrected chi connectivity index (χ4v) is 4.07. The summed E-state index contributed by atoms with van der Waals surface area (Å²) >= 11 is 0. The van der Waals surface area contributed by atoms with E-state index in [9.17, 15) is 23.1 Å². The van der Waals surface area contributed by atoms with Crippen molar-refractivity contribution in [3.8, 4) is 5.69 Å². The molecule has 2 fully saturated rings. The van der Waals surface area contributed by atoms with Crippen molar-refractivity contribution in [3.63, 3.8) is 0 Å². The largest absolute Gasteiger partial charge is 0.416 e. The highest BCUT2D eigenvalue weighted by molar-refractivity contribution is 5.93. The molecule has 0 unspecified atom stereocenters. The third-order valence-electron chi connectivity index (χ3n) is 5.28. The number of alkyl halides is 3. The zero-order valence-corrected chi connectivity index (χ0v) is 13.7. The lowest BCUT2D eigenvalue weighted by molar-refractivity contribution is -0.137. The molecule has 2 aliphatic rings. The van der Waals surface area contributed by atoms with Gasteiger partial charge in [0.2, 0.25) is 0 Å². The van der Waals surface area contributed by atoms with E-state index in [0.29, 0.717) is 0 Å². The highest BCUT2D eigenvalue weighted by Crippen LogP contribution is 2.42. The molecule has 3 atom stereocenters. The van der Waals surface area contributed by atoms with Gasteiger partial charge in [-0.1, -0.05) is 11.3 Å². The minimum absolute atomic E-state index is 0.00351. The molecule has 138 valence electrons. The van der Waals surface area contributed by atoms with Crippen molar-refractivity contribution in [2.45, 2.75) is 37.5 Å². The molecule has 0 aliphatic carbocycles. The SMILES string of the molecule is O=C(c1cn(-c2cccc(C(F)(F)F)c2)nn1)N1[C@H]2CC[C@H]1[C@@H](CO)C2. The Balaban J connectivity index is 1.58. The van der Waals surface area contributed by atoms with E-state index in [1.54, 1.807) is 4.90 Å². The fourth-order valence-electron chi connectivity index (χ4n) is 4.07. The number of nitrogens with zero attached hydrogens (tertiary/aromatic N) is 4. The van der Waals surface area contributed by atoms with E-state index in [-0.39, 0.29) is 41.9 Å². The van der Waals surface area contributed by atoms with Gasteiger partial charge in [-0.15, -0.1) is 5.10 Å². The molecule has 9 heteroatoms. The monoisotopic (exact) mass is 366 g/mol. The van der Waals surface area contributed by atoms with Gasteiger partial charge in [-0.25, -0.2) is 4.68 Å². The van der Waals surface area contributed by atoms with Gasteiger partial charge < -0.3 is 10.0 Å². The lowest BCUT2D eigenvalue weighted by Crippen LogP contribution is -2.37. The second-order valence-corrected chi connectivity index (χ2v) is 6.79. The van der Waals surface area contributed by atoms with Crippen molar-refractivity contribution in [1.82, 2.24) is 19.9 Å². The number of aliphatic hydroxyl groups is 1.